The average molecular weight is 1020 g/mol. The number of esters is 2. The molecule has 1 atom stereocenters. The van der Waals surface area contributed by atoms with Crippen LogP contribution in [0.3, 0.4) is 0 Å². The maximum Gasteiger partial charge on any atom is 0.695 e. The van der Waals surface area contributed by atoms with Gasteiger partial charge >= 0.3 is 28.0 Å². The summed E-state index contributed by atoms with van der Waals surface area (Å²) < 4.78 is 58.1. The van der Waals surface area contributed by atoms with Gasteiger partial charge in [-0.15, -0.1) is 9.42 Å². The minimum Gasteiger partial charge on any atom is -0.507 e. The number of hydrogen-bond donors (Lipinski definition) is 4. The molecule has 22 heteroatoms. The van der Waals surface area contributed by atoms with E-state index in [-0.39, 0.29) is 50.1 Å². The van der Waals surface area contributed by atoms with E-state index in [0.717, 1.165) is 38.4 Å². The van der Waals surface area contributed by atoms with Gasteiger partial charge in [-0.05, 0) is 109 Å². The van der Waals surface area contributed by atoms with Crippen molar-refractivity contribution in [2.24, 2.45) is 0 Å². The number of phosphoric ester groups is 1. The van der Waals surface area contributed by atoms with Crippen LogP contribution in [-0.4, -0.2) is 83.8 Å². The number of cyclic esters (lactones) is 2. The number of methoxy groups -OCH3 is 2. The van der Waals surface area contributed by atoms with Crippen LogP contribution in [0, 0.1) is 13.8 Å². The first kappa shape index (κ1) is 55.0. The van der Waals surface area contributed by atoms with Crippen molar-refractivity contribution in [2.75, 3.05) is 34.0 Å². The van der Waals surface area contributed by atoms with Crippen molar-refractivity contribution >= 4 is 57.7 Å². The molecule has 2 aliphatic heterocycles. The van der Waals surface area contributed by atoms with Crippen molar-refractivity contribution < 1.29 is 71.2 Å². The predicted molar refractivity (Wildman–Crippen MR) is 258 cm³/mol. The number of benzene rings is 2. The molecule has 6 rings (SSSR count). The minimum atomic E-state index is -4.54. The standard InChI is InChI=1S/C20H29O7PSi.C15H19O8P.C10H8N2S2/c1-13(11-27-28(22)23)7-8-15-18(24-3)14(2)16-12-26-20(21)17(16)19(15)25-9-10-29(4,5)6;1-8(6-23-24(18,19)20)4-5-10-13(16)12-11(7-22-15(12)17)9(2)14(10)21-3;1-3-7-11-9(5-1)13-14-10-6-2-4-8-12-10/h7H,8-12H2,1-6H3;4,16H,5-7H2,1-3H3,(H2,18,19,20);1-8H/p+1/b13-7+;8-4+;. The summed E-state index contributed by atoms with van der Waals surface area (Å²) in [6.45, 7) is 14.6. The number of allylic oxidation sites excluding steroid dienone is 2. The van der Waals surface area contributed by atoms with Crippen LogP contribution in [0.15, 0.2) is 82.1 Å². The van der Waals surface area contributed by atoms with Gasteiger partial charge in [0.2, 0.25) is 0 Å². The summed E-state index contributed by atoms with van der Waals surface area (Å²) in [6, 6.07) is 12.7. The molecule has 2 aromatic carbocycles. The summed E-state index contributed by atoms with van der Waals surface area (Å²) in [6.07, 6.45) is 7.74. The largest absolute Gasteiger partial charge is 0.695 e. The fraction of sp³-hybridized carbons (Fsp3) is 0.378. The Morgan fingerprint density at radius 3 is 1.78 bits per heavy atom. The lowest BCUT2D eigenvalue weighted by atomic mass is 9.95. The number of ether oxygens (including phenoxy) is 5. The van der Waals surface area contributed by atoms with Crippen molar-refractivity contribution in [3.63, 3.8) is 0 Å². The van der Waals surface area contributed by atoms with Crippen LogP contribution in [0.5, 0.6) is 23.0 Å². The highest BCUT2D eigenvalue weighted by Crippen LogP contribution is 2.44. The molecule has 17 nitrogen and oxygen atoms in total. The highest BCUT2D eigenvalue weighted by atomic mass is 33.1. The van der Waals surface area contributed by atoms with Crippen LogP contribution in [0.25, 0.3) is 0 Å². The van der Waals surface area contributed by atoms with Gasteiger partial charge in [0.15, 0.2) is 0 Å². The zero-order valence-electron chi connectivity index (χ0n) is 38.8. The van der Waals surface area contributed by atoms with Gasteiger partial charge in [-0.3, -0.25) is 4.52 Å². The molecule has 0 bridgehead atoms. The molecule has 67 heavy (non-hydrogen) atoms. The highest BCUT2D eigenvalue weighted by molar-refractivity contribution is 8.76. The topological polar surface area (TPSA) is 240 Å². The predicted octanol–water partition coefficient (Wildman–Crippen LogP) is 9.80. The Morgan fingerprint density at radius 1 is 0.806 bits per heavy atom. The van der Waals surface area contributed by atoms with Gasteiger partial charge < -0.3 is 38.6 Å². The SMILES string of the molecule is COc1c(C)c2c(c(O)c1C/C=C(\C)COP(=O)(O)O)C(=O)OC2.COc1c(C)c2c(c(OCC[Si](C)(C)C)c1C/C=C(\C)CO[P+](=O)O)C(=O)OC2.c1ccc(SSc2ccccn2)nc1. The molecule has 2 aromatic heterocycles. The molecule has 0 radical (unpaired) electrons. The third-order valence-corrected chi connectivity index (χ3v) is 14.7. The van der Waals surface area contributed by atoms with Crippen molar-refractivity contribution in [3.8, 4) is 23.0 Å². The third-order valence-electron chi connectivity index (χ3n) is 10.0. The molecule has 1 unspecified atom stereocenters. The van der Waals surface area contributed by atoms with Crippen molar-refractivity contribution in [2.45, 2.75) is 89.5 Å². The van der Waals surface area contributed by atoms with Gasteiger partial charge in [0.25, 0.3) is 0 Å². The number of aromatic hydroxyl groups is 1. The summed E-state index contributed by atoms with van der Waals surface area (Å²) in [5.41, 5.74) is 6.12. The van der Waals surface area contributed by atoms with Crippen molar-refractivity contribution in [1.29, 1.82) is 0 Å². The summed E-state index contributed by atoms with van der Waals surface area (Å²) in [4.78, 5) is 58.9. The fourth-order valence-corrected chi connectivity index (χ4v) is 9.70. The van der Waals surface area contributed by atoms with E-state index in [1.54, 1.807) is 61.0 Å². The molecular formula is C45H57N2O15P2S2Si+. The van der Waals surface area contributed by atoms with Gasteiger partial charge in [0.05, 0.1) is 27.4 Å². The first-order valence-electron chi connectivity index (χ1n) is 20.7. The highest BCUT2D eigenvalue weighted by Gasteiger charge is 2.34. The van der Waals surface area contributed by atoms with Gasteiger partial charge in [-0.25, -0.2) is 24.1 Å². The van der Waals surface area contributed by atoms with Gasteiger partial charge in [0.1, 0.15) is 64.0 Å². The summed E-state index contributed by atoms with van der Waals surface area (Å²) in [5, 5.41) is 12.4. The molecule has 0 saturated heterocycles. The number of aromatic nitrogens is 2. The summed E-state index contributed by atoms with van der Waals surface area (Å²) in [7, 11) is -2.21. The normalized spacial score (nSPS) is 13.6. The van der Waals surface area contributed by atoms with Gasteiger partial charge in [0, 0.05) is 47.3 Å². The Balaban J connectivity index is 0.000000232. The molecule has 0 aliphatic carbocycles. The first-order chi connectivity index (χ1) is 31.6. The molecule has 0 spiro atoms. The fourth-order valence-electron chi connectivity index (χ4n) is 6.55. The molecule has 2 aliphatic rings. The Morgan fingerprint density at radius 2 is 1.30 bits per heavy atom. The van der Waals surface area contributed by atoms with Crippen LogP contribution in [0.2, 0.25) is 25.7 Å². The van der Waals surface area contributed by atoms with E-state index in [1.807, 2.05) is 56.3 Å². The summed E-state index contributed by atoms with van der Waals surface area (Å²) >= 11 is 0. The molecule has 4 N–H and O–H groups in total. The number of pyridine rings is 2. The second kappa shape index (κ2) is 25.7. The van der Waals surface area contributed by atoms with E-state index in [0.29, 0.717) is 58.1 Å². The van der Waals surface area contributed by atoms with E-state index >= 15 is 0 Å². The van der Waals surface area contributed by atoms with Crippen LogP contribution in [0.4, 0.5) is 0 Å². The maximum atomic E-state index is 12.4. The molecule has 4 heterocycles. The molecule has 0 amide bonds. The number of phosphoric acid groups is 1. The quantitative estimate of drug-likeness (QED) is 0.0225. The molecule has 0 fully saturated rings. The lowest BCUT2D eigenvalue weighted by Gasteiger charge is -2.21. The lowest BCUT2D eigenvalue weighted by Crippen LogP contribution is -2.23. The van der Waals surface area contributed by atoms with Gasteiger partial charge in [-0.2, -0.15) is 0 Å². The van der Waals surface area contributed by atoms with Crippen molar-refractivity contribution in [3.05, 3.63) is 117 Å². The Hall–Kier alpha value is -4.59. The minimum absolute atomic E-state index is 0.0474. The molecule has 4 aromatic rings. The van der Waals surface area contributed by atoms with Crippen LogP contribution in [0.1, 0.15) is 67.9 Å². The summed E-state index contributed by atoms with van der Waals surface area (Å²) in [5.74, 6) is 0.473. The third kappa shape index (κ3) is 16.6. The molecular weight excluding hydrogens is 963 g/mol. The molecule has 362 valence electrons. The monoisotopic (exact) mass is 1020 g/mol. The number of carbonyl (C=O) groups is 2. The number of nitrogens with zero attached hydrogens (tertiary/aromatic N) is 2. The zero-order chi connectivity index (χ0) is 49.5. The number of phenolic OH excluding ortho intramolecular Hbond substituents is 1. The number of fused-ring (bicyclic) bond motifs is 2. The first-order valence-corrected chi connectivity index (χ1v) is 29.2. The van der Waals surface area contributed by atoms with E-state index in [4.69, 9.17) is 42.9 Å². The van der Waals surface area contributed by atoms with Crippen LogP contribution in [-0.2, 0) is 53.7 Å². The average Bonchev–Trinajstić information content (AvgIpc) is 3.88. The van der Waals surface area contributed by atoms with E-state index in [9.17, 15) is 23.8 Å². The van der Waals surface area contributed by atoms with E-state index < -0.39 is 30.1 Å². The lowest BCUT2D eigenvalue weighted by molar-refractivity contribution is 0.0523. The Kier molecular flexibility index (Phi) is 21.1. The zero-order valence-corrected chi connectivity index (χ0v) is 43.2. The number of hydrogen-bond acceptors (Lipinski definition) is 16. The maximum absolute atomic E-state index is 12.4. The van der Waals surface area contributed by atoms with Crippen LogP contribution >= 0.6 is 37.7 Å². The van der Waals surface area contributed by atoms with E-state index in [1.165, 1.54) is 7.11 Å². The van der Waals surface area contributed by atoms with Crippen molar-refractivity contribution in [1.82, 2.24) is 9.97 Å². The number of rotatable bonds is 19. The molecule has 0 saturated carbocycles. The Labute approximate surface area is 400 Å². The van der Waals surface area contributed by atoms with Gasteiger partial charge in [-0.1, -0.05) is 49.5 Å². The Bertz CT molecular complexity index is 2460. The number of phenols is 1. The van der Waals surface area contributed by atoms with Crippen LogP contribution < -0.4 is 14.2 Å². The second-order valence-electron chi connectivity index (χ2n) is 16.3. The smallest absolute Gasteiger partial charge is 0.507 e. The number of carbonyl (C=O) groups excluding carboxylic acids is 2. The second-order valence-corrected chi connectivity index (χ2v) is 26.0. The van der Waals surface area contributed by atoms with E-state index in [2.05, 4.69) is 34.1 Å².